The predicted molar refractivity (Wildman–Crippen MR) is 93.7 cm³/mol. The molecular weight excluding hydrogens is 306 g/mol. The molecule has 1 amide bonds. The van der Waals surface area contributed by atoms with Crippen LogP contribution in [0.3, 0.4) is 0 Å². The summed E-state index contributed by atoms with van der Waals surface area (Å²) in [7, 11) is 0. The Morgan fingerprint density at radius 3 is 2.75 bits per heavy atom. The third-order valence-corrected chi connectivity index (χ3v) is 4.16. The average Bonchev–Trinajstić information content (AvgIpc) is 2.72. The third kappa shape index (κ3) is 3.02. The molecule has 2 aromatic rings. The highest BCUT2D eigenvalue weighted by Crippen LogP contribution is 2.32. The van der Waals surface area contributed by atoms with Crippen LogP contribution in [0.2, 0.25) is 0 Å². The van der Waals surface area contributed by atoms with Crippen LogP contribution in [0.1, 0.15) is 50.9 Å². The first kappa shape index (κ1) is 16.5. The minimum absolute atomic E-state index is 0.353. The molecule has 3 rings (SSSR count). The number of carbonyl (C=O) groups excluding carboxylic acids is 1. The number of aromatic nitrogens is 3. The summed E-state index contributed by atoms with van der Waals surface area (Å²) in [6.45, 7) is 11.6. The number of hydrogen-bond acceptors (Lipinski definition) is 5. The highest BCUT2D eigenvalue weighted by atomic mass is 16.6. The fourth-order valence-corrected chi connectivity index (χ4v) is 2.84. The second kappa shape index (κ2) is 5.65. The summed E-state index contributed by atoms with van der Waals surface area (Å²) in [6, 6.07) is 0.353. The van der Waals surface area contributed by atoms with Crippen molar-refractivity contribution in [2.45, 2.75) is 66.0 Å². The second-order valence-corrected chi connectivity index (χ2v) is 7.44. The van der Waals surface area contributed by atoms with Crippen LogP contribution in [-0.4, -0.2) is 32.3 Å². The van der Waals surface area contributed by atoms with Crippen molar-refractivity contribution in [3.63, 3.8) is 0 Å². The first-order valence-corrected chi connectivity index (χ1v) is 8.31. The zero-order valence-corrected chi connectivity index (χ0v) is 15.1. The van der Waals surface area contributed by atoms with Crippen molar-refractivity contribution < 1.29 is 9.53 Å². The Balaban J connectivity index is 2.10. The molecule has 2 aromatic heterocycles. The zero-order chi connectivity index (χ0) is 17.6. The molecule has 130 valence electrons. The van der Waals surface area contributed by atoms with Crippen molar-refractivity contribution in [1.82, 2.24) is 14.6 Å². The Hall–Kier alpha value is -2.31. The Labute approximate surface area is 141 Å². The van der Waals surface area contributed by atoms with Gasteiger partial charge in [0.05, 0.1) is 5.69 Å². The van der Waals surface area contributed by atoms with E-state index in [9.17, 15) is 4.79 Å². The van der Waals surface area contributed by atoms with Crippen LogP contribution in [0.4, 0.5) is 16.4 Å². The molecular formula is C17H25N5O2. The van der Waals surface area contributed by atoms with Gasteiger partial charge in [-0.25, -0.2) is 9.78 Å². The van der Waals surface area contributed by atoms with Gasteiger partial charge in [-0.1, -0.05) is 0 Å². The molecule has 0 aliphatic carbocycles. The molecule has 0 radical (unpaired) electrons. The molecule has 0 saturated heterocycles. The molecule has 1 atom stereocenters. The van der Waals surface area contributed by atoms with Gasteiger partial charge in [0.2, 0.25) is 0 Å². The van der Waals surface area contributed by atoms with Gasteiger partial charge in [-0.2, -0.15) is 9.61 Å². The van der Waals surface area contributed by atoms with Crippen LogP contribution >= 0.6 is 0 Å². The van der Waals surface area contributed by atoms with E-state index >= 15 is 0 Å². The van der Waals surface area contributed by atoms with E-state index in [-0.39, 0.29) is 0 Å². The summed E-state index contributed by atoms with van der Waals surface area (Å²) in [6.07, 6.45) is 1.32. The van der Waals surface area contributed by atoms with Crippen molar-refractivity contribution >= 4 is 23.4 Å². The summed E-state index contributed by atoms with van der Waals surface area (Å²) < 4.78 is 7.12. The van der Waals surface area contributed by atoms with Crippen LogP contribution in [0.15, 0.2) is 0 Å². The molecule has 0 aromatic carbocycles. The largest absolute Gasteiger partial charge is 0.444 e. The number of nitrogens with one attached hydrogen (secondary N) is 2. The standard InChI is InChI=1S/C17H25N5O2/c1-9-7-8-12-13(18-9)19-14-10(2)11(3)21-22(14)15(12)20-16(23)24-17(4,5)6/h9H,7-8H2,1-6H3,(H,18,19)(H,20,23). The highest BCUT2D eigenvalue weighted by Gasteiger charge is 2.26. The molecule has 1 unspecified atom stereocenters. The summed E-state index contributed by atoms with van der Waals surface area (Å²) in [4.78, 5) is 17.0. The van der Waals surface area contributed by atoms with Gasteiger partial charge >= 0.3 is 6.09 Å². The number of ether oxygens (including phenoxy) is 1. The van der Waals surface area contributed by atoms with Gasteiger partial charge in [0.15, 0.2) is 5.65 Å². The third-order valence-electron chi connectivity index (χ3n) is 4.16. The molecule has 1 aliphatic rings. The van der Waals surface area contributed by atoms with E-state index in [1.54, 1.807) is 4.52 Å². The fraction of sp³-hybridized carbons (Fsp3) is 0.588. The van der Waals surface area contributed by atoms with Crippen LogP contribution < -0.4 is 10.6 Å². The normalized spacial score (nSPS) is 17.3. The van der Waals surface area contributed by atoms with E-state index in [4.69, 9.17) is 9.72 Å². The number of nitrogens with zero attached hydrogens (tertiary/aromatic N) is 3. The van der Waals surface area contributed by atoms with Crippen molar-refractivity contribution in [3.8, 4) is 0 Å². The number of carbonyl (C=O) groups is 1. The van der Waals surface area contributed by atoms with Crippen LogP contribution in [0.5, 0.6) is 0 Å². The van der Waals surface area contributed by atoms with E-state index in [0.717, 1.165) is 41.1 Å². The van der Waals surface area contributed by atoms with E-state index in [1.807, 2.05) is 34.6 Å². The first-order chi connectivity index (χ1) is 11.2. The molecule has 3 heterocycles. The van der Waals surface area contributed by atoms with Crippen molar-refractivity contribution in [2.75, 3.05) is 10.6 Å². The molecule has 0 bridgehead atoms. The number of hydrogen-bond donors (Lipinski definition) is 2. The van der Waals surface area contributed by atoms with Crippen molar-refractivity contribution in [2.24, 2.45) is 0 Å². The lowest BCUT2D eigenvalue weighted by Crippen LogP contribution is -2.30. The van der Waals surface area contributed by atoms with Gasteiger partial charge in [-0.3, -0.25) is 5.32 Å². The maximum absolute atomic E-state index is 12.3. The summed E-state index contributed by atoms with van der Waals surface area (Å²) in [5.41, 5.74) is 3.06. The Kier molecular flexibility index (Phi) is 3.89. The lowest BCUT2D eigenvalue weighted by atomic mass is 10.0. The van der Waals surface area contributed by atoms with Gasteiger partial charge in [-0.15, -0.1) is 0 Å². The highest BCUT2D eigenvalue weighted by molar-refractivity contribution is 5.87. The van der Waals surface area contributed by atoms with Gasteiger partial charge in [0, 0.05) is 17.2 Å². The number of anilines is 2. The van der Waals surface area contributed by atoms with E-state index in [1.165, 1.54) is 0 Å². The van der Waals surface area contributed by atoms with Crippen molar-refractivity contribution in [3.05, 3.63) is 16.8 Å². The molecule has 2 N–H and O–H groups in total. The monoisotopic (exact) mass is 331 g/mol. The summed E-state index contributed by atoms with van der Waals surface area (Å²) in [5, 5.41) is 10.8. The predicted octanol–water partition coefficient (Wildman–Crippen LogP) is 3.44. The Morgan fingerprint density at radius 2 is 2.08 bits per heavy atom. The topological polar surface area (TPSA) is 80.5 Å². The maximum atomic E-state index is 12.3. The number of amides is 1. The van der Waals surface area contributed by atoms with Crippen LogP contribution in [0, 0.1) is 13.8 Å². The molecule has 0 fully saturated rings. The lowest BCUT2D eigenvalue weighted by Gasteiger charge is -2.26. The van der Waals surface area contributed by atoms with E-state index in [0.29, 0.717) is 11.9 Å². The number of aryl methyl sites for hydroxylation is 2. The second-order valence-electron chi connectivity index (χ2n) is 7.44. The van der Waals surface area contributed by atoms with Crippen LogP contribution in [0.25, 0.3) is 5.65 Å². The minimum atomic E-state index is -0.557. The minimum Gasteiger partial charge on any atom is -0.444 e. The van der Waals surface area contributed by atoms with Crippen molar-refractivity contribution in [1.29, 1.82) is 0 Å². The van der Waals surface area contributed by atoms with Gasteiger partial charge in [0.25, 0.3) is 0 Å². The molecule has 24 heavy (non-hydrogen) atoms. The van der Waals surface area contributed by atoms with Gasteiger partial charge < -0.3 is 10.1 Å². The number of fused-ring (bicyclic) bond motifs is 2. The maximum Gasteiger partial charge on any atom is 0.413 e. The first-order valence-electron chi connectivity index (χ1n) is 8.31. The quantitative estimate of drug-likeness (QED) is 0.836. The molecule has 7 heteroatoms. The van der Waals surface area contributed by atoms with E-state index in [2.05, 4.69) is 22.7 Å². The smallest absolute Gasteiger partial charge is 0.413 e. The Morgan fingerprint density at radius 1 is 1.38 bits per heavy atom. The molecule has 1 aliphatic heterocycles. The van der Waals surface area contributed by atoms with E-state index < -0.39 is 11.7 Å². The SMILES string of the molecule is Cc1nn2c(NC(=O)OC(C)(C)C)c3c(nc2c1C)NC(C)CC3. The molecule has 0 spiro atoms. The zero-order valence-electron chi connectivity index (χ0n) is 15.1. The fourth-order valence-electron chi connectivity index (χ4n) is 2.84. The van der Waals surface area contributed by atoms with Gasteiger partial charge in [-0.05, 0) is 54.4 Å². The molecule has 0 saturated carbocycles. The lowest BCUT2D eigenvalue weighted by molar-refractivity contribution is 0.0634. The number of rotatable bonds is 1. The summed E-state index contributed by atoms with van der Waals surface area (Å²) >= 11 is 0. The van der Waals surface area contributed by atoms with Gasteiger partial charge in [0.1, 0.15) is 17.2 Å². The Bertz CT molecular complexity index is 804. The average molecular weight is 331 g/mol. The molecule has 7 nitrogen and oxygen atoms in total. The van der Waals surface area contributed by atoms with Crippen LogP contribution in [-0.2, 0) is 11.2 Å². The summed E-state index contributed by atoms with van der Waals surface area (Å²) in [5.74, 6) is 1.45.